The van der Waals surface area contributed by atoms with Crippen molar-refractivity contribution in [2.45, 2.75) is 13.3 Å². The molecule has 0 radical (unpaired) electrons. The fourth-order valence-corrected chi connectivity index (χ4v) is 1.75. The maximum Gasteiger partial charge on any atom is 0.310 e. The number of esters is 1. The van der Waals surface area contributed by atoms with Gasteiger partial charge in [-0.15, -0.1) is 0 Å². The summed E-state index contributed by atoms with van der Waals surface area (Å²) in [4.78, 5) is 24.7. The third kappa shape index (κ3) is 4.28. The minimum absolute atomic E-state index is 0.102. The lowest BCUT2D eigenvalue weighted by Gasteiger charge is -2.20. The average molecular weight is 265 g/mol. The molecule has 0 fully saturated rings. The molecule has 0 bridgehead atoms. The van der Waals surface area contributed by atoms with E-state index in [4.69, 9.17) is 0 Å². The molecular formula is C14H19NO4. The smallest absolute Gasteiger partial charge is 0.310 e. The van der Waals surface area contributed by atoms with Crippen molar-refractivity contribution in [1.29, 1.82) is 0 Å². The van der Waals surface area contributed by atoms with E-state index in [0.717, 1.165) is 0 Å². The van der Waals surface area contributed by atoms with Crippen LogP contribution in [-0.2, 0) is 20.7 Å². The molecule has 1 aromatic carbocycles. The number of amides is 1. The van der Waals surface area contributed by atoms with Crippen molar-refractivity contribution in [3.8, 4) is 5.75 Å². The number of likely N-dealkylation sites (N-methyl/N-ethyl adjacent to an activating group) is 1. The van der Waals surface area contributed by atoms with E-state index in [2.05, 4.69) is 4.74 Å². The van der Waals surface area contributed by atoms with Gasteiger partial charge in [-0.25, -0.2) is 0 Å². The number of benzene rings is 1. The van der Waals surface area contributed by atoms with Gasteiger partial charge >= 0.3 is 5.97 Å². The van der Waals surface area contributed by atoms with Crippen LogP contribution < -0.4 is 0 Å². The Kier molecular flexibility index (Phi) is 5.36. The molecule has 1 N–H and O–H groups in total. The Balaban J connectivity index is 2.59. The molecule has 0 spiro atoms. The van der Waals surface area contributed by atoms with Crippen LogP contribution >= 0.6 is 0 Å². The maximum atomic E-state index is 12.0. The number of phenols is 1. The normalized spacial score (nSPS) is 11.7. The van der Waals surface area contributed by atoms with Crippen molar-refractivity contribution in [2.75, 3.05) is 20.7 Å². The van der Waals surface area contributed by atoms with Gasteiger partial charge in [0.1, 0.15) is 5.75 Å². The van der Waals surface area contributed by atoms with E-state index >= 15 is 0 Å². The fourth-order valence-electron chi connectivity index (χ4n) is 1.75. The summed E-state index contributed by atoms with van der Waals surface area (Å²) in [5, 5.41) is 9.60. The van der Waals surface area contributed by atoms with Crippen LogP contribution in [0.25, 0.3) is 0 Å². The third-order valence-corrected chi connectivity index (χ3v) is 2.91. The highest BCUT2D eigenvalue weighted by Gasteiger charge is 2.19. The zero-order valence-corrected chi connectivity index (χ0v) is 11.4. The van der Waals surface area contributed by atoms with E-state index in [1.54, 1.807) is 38.2 Å². The van der Waals surface area contributed by atoms with Crippen molar-refractivity contribution in [3.05, 3.63) is 29.8 Å². The topological polar surface area (TPSA) is 66.8 Å². The Morgan fingerprint density at radius 3 is 2.58 bits per heavy atom. The average Bonchev–Trinajstić information content (AvgIpc) is 2.40. The summed E-state index contributed by atoms with van der Waals surface area (Å²) in [6.07, 6.45) is 0.108. The summed E-state index contributed by atoms with van der Waals surface area (Å²) < 4.78 is 4.61. The maximum absolute atomic E-state index is 12.0. The van der Waals surface area contributed by atoms with Crippen LogP contribution in [0.1, 0.15) is 12.5 Å². The number of phenolic OH excluding ortho intramolecular Hbond substituents is 1. The number of hydrogen-bond donors (Lipinski definition) is 1. The number of rotatable bonds is 5. The molecule has 1 unspecified atom stereocenters. The molecule has 0 aliphatic heterocycles. The van der Waals surface area contributed by atoms with Gasteiger partial charge in [0.2, 0.25) is 5.91 Å². The standard InChI is InChI=1S/C14H19NO4/c1-10(14(18)19-3)9-15(2)13(17)8-11-6-4-5-7-12(11)16/h4-7,10,16H,8-9H2,1-3H3. The zero-order valence-electron chi connectivity index (χ0n) is 11.4. The van der Waals surface area contributed by atoms with Crippen molar-refractivity contribution in [1.82, 2.24) is 4.90 Å². The molecule has 5 heteroatoms. The van der Waals surface area contributed by atoms with Crippen molar-refractivity contribution in [2.24, 2.45) is 5.92 Å². The summed E-state index contributed by atoms with van der Waals surface area (Å²) >= 11 is 0. The number of nitrogens with zero attached hydrogens (tertiary/aromatic N) is 1. The summed E-state index contributed by atoms with van der Waals surface area (Å²) in [6, 6.07) is 6.70. The number of ether oxygens (including phenoxy) is 1. The SMILES string of the molecule is COC(=O)C(C)CN(C)C(=O)Cc1ccccc1O. The Bertz CT molecular complexity index is 459. The Hall–Kier alpha value is -2.04. The van der Waals surface area contributed by atoms with E-state index < -0.39 is 0 Å². The molecule has 0 saturated heterocycles. The van der Waals surface area contributed by atoms with Gasteiger partial charge in [0, 0.05) is 19.2 Å². The molecule has 1 rings (SSSR count). The van der Waals surface area contributed by atoms with Crippen LogP contribution in [0.15, 0.2) is 24.3 Å². The molecule has 1 amide bonds. The van der Waals surface area contributed by atoms with Gasteiger partial charge in [-0.2, -0.15) is 0 Å². The summed E-state index contributed by atoms with van der Waals surface area (Å²) in [5.74, 6) is -0.770. The van der Waals surface area contributed by atoms with E-state index in [9.17, 15) is 14.7 Å². The number of hydrogen-bond acceptors (Lipinski definition) is 4. The molecular weight excluding hydrogens is 246 g/mol. The first-order valence-electron chi connectivity index (χ1n) is 6.04. The lowest BCUT2D eigenvalue weighted by atomic mass is 10.1. The first kappa shape index (κ1) is 15.0. The van der Waals surface area contributed by atoms with Gasteiger partial charge < -0.3 is 14.7 Å². The molecule has 19 heavy (non-hydrogen) atoms. The molecule has 0 aliphatic rings. The summed E-state index contributed by atoms with van der Waals surface area (Å²) in [7, 11) is 2.95. The van der Waals surface area contributed by atoms with Gasteiger partial charge in [0.15, 0.2) is 0 Å². The van der Waals surface area contributed by atoms with Gasteiger partial charge in [0.25, 0.3) is 0 Å². The highest BCUT2D eigenvalue weighted by Crippen LogP contribution is 2.16. The van der Waals surface area contributed by atoms with Gasteiger partial charge in [-0.3, -0.25) is 9.59 Å². The molecule has 0 aliphatic carbocycles. The Labute approximate surface area is 112 Å². The molecule has 0 heterocycles. The molecule has 1 aromatic rings. The highest BCUT2D eigenvalue weighted by molar-refractivity contribution is 5.80. The van der Waals surface area contributed by atoms with Crippen molar-refractivity contribution < 1.29 is 19.4 Å². The zero-order chi connectivity index (χ0) is 14.4. The predicted octanol–water partition coefficient (Wildman–Crippen LogP) is 1.20. The van der Waals surface area contributed by atoms with Crippen LogP contribution in [0.2, 0.25) is 0 Å². The van der Waals surface area contributed by atoms with Gasteiger partial charge in [-0.1, -0.05) is 25.1 Å². The van der Waals surface area contributed by atoms with Crippen molar-refractivity contribution >= 4 is 11.9 Å². The summed E-state index contributed by atoms with van der Waals surface area (Å²) in [6.45, 7) is 1.99. The molecule has 1 atom stereocenters. The van der Waals surface area contributed by atoms with E-state index in [-0.39, 0.29) is 30.0 Å². The largest absolute Gasteiger partial charge is 0.508 e. The lowest BCUT2D eigenvalue weighted by Crippen LogP contribution is -2.35. The minimum Gasteiger partial charge on any atom is -0.508 e. The predicted molar refractivity (Wildman–Crippen MR) is 70.6 cm³/mol. The van der Waals surface area contributed by atoms with Crippen LogP contribution in [0.3, 0.4) is 0 Å². The van der Waals surface area contributed by atoms with Crippen LogP contribution in [-0.4, -0.2) is 42.6 Å². The second kappa shape index (κ2) is 6.78. The highest BCUT2D eigenvalue weighted by atomic mass is 16.5. The van der Waals surface area contributed by atoms with E-state index in [0.29, 0.717) is 12.1 Å². The Morgan fingerprint density at radius 2 is 2.00 bits per heavy atom. The summed E-state index contributed by atoms with van der Waals surface area (Å²) in [5.41, 5.74) is 0.574. The number of carbonyl (C=O) groups excluding carboxylic acids is 2. The molecule has 5 nitrogen and oxygen atoms in total. The van der Waals surface area contributed by atoms with E-state index in [1.165, 1.54) is 12.0 Å². The third-order valence-electron chi connectivity index (χ3n) is 2.91. The molecule has 0 aromatic heterocycles. The number of para-hydroxylation sites is 1. The van der Waals surface area contributed by atoms with Gasteiger partial charge in [-0.05, 0) is 6.07 Å². The molecule has 0 saturated carbocycles. The van der Waals surface area contributed by atoms with Crippen LogP contribution in [0, 0.1) is 5.92 Å². The van der Waals surface area contributed by atoms with Crippen molar-refractivity contribution in [3.63, 3.8) is 0 Å². The quantitative estimate of drug-likeness (QED) is 0.812. The van der Waals surface area contributed by atoms with Crippen LogP contribution in [0.4, 0.5) is 0 Å². The first-order valence-corrected chi connectivity index (χ1v) is 6.04. The van der Waals surface area contributed by atoms with E-state index in [1.807, 2.05) is 0 Å². The fraction of sp³-hybridized carbons (Fsp3) is 0.429. The second-order valence-electron chi connectivity index (χ2n) is 4.50. The number of methoxy groups -OCH3 is 1. The number of carbonyl (C=O) groups is 2. The minimum atomic E-state index is -0.372. The lowest BCUT2D eigenvalue weighted by molar-refractivity contribution is -0.146. The Morgan fingerprint density at radius 1 is 1.37 bits per heavy atom. The monoisotopic (exact) mass is 265 g/mol. The second-order valence-corrected chi connectivity index (χ2v) is 4.50. The van der Waals surface area contributed by atoms with Gasteiger partial charge in [0.05, 0.1) is 19.4 Å². The van der Waals surface area contributed by atoms with Crippen LogP contribution in [0.5, 0.6) is 5.75 Å². The first-order chi connectivity index (χ1) is 8.95. The molecule has 104 valence electrons. The number of aromatic hydroxyl groups is 1.